The largest absolute Gasteiger partial charge is 0.346 e. The topological polar surface area (TPSA) is 42.0 Å². The van der Waals surface area contributed by atoms with Crippen molar-refractivity contribution in [2.75, 3.05) is 0 Å². The minimum Gasteiger partial charge on any atom is -0.346 e. The van der Waals surface area contributed by atoms with Gasteiger partial charge in [-0.1, -0.05) is 6.07 Å². The van der Waals surface area contributed by atoms with Crippen molar-refractivity contribution in [1.29, 1.82) is 0 Å². The molecule has 0 fully saturated rings. The van der Waals surface area contributed by atoms with Crippen molar-refractivity contribution < 1.29 is 4.79 Å². The number of carbonyl (C=O) groups excluding carboxylic acids is 1. The van der Waals surface area contributed by atoms with Crippen molar-refractivity contribution in [3.8, 4) is 0 Å². The average molecular weight is 311 g/mol. The summed E-state index contributed by atoms with van der Waals surface area (Å²) in [5.41, 5.74) is 2.66. The lowest BCUT2D eigenvalue weighted by atomic mass is 10.2. The van der Waals surface area contributed by atoms with Crippen LogP contribution < -0.4 is 5.32 Å². The fraction of sp³-hybridized carbons (Fsp3) is 0.167. The zero-order valence-electron chi connectivity index (χ0n) is 9.24. The standard InChI is InChI=1S/C12H11BrN2OS/c1-8-3-2-4-14-10(8)6-15-12(16)9-5-11(13)17-7-9/h2-5,7H,6H2,1H3,(H,15,16). The molecule has 0 aliphatic rings. The van der Waals surface area contributed by atoms with Gasteiger partial charge in [0.2, 0.25) is 0 Å². The molecule has 2 heterocycles. The summed E-state index contributed by atoms with van der Waals surface area (Å²) in [6.45, 7) is 2.44. The Morgan fingerprint density at radius 2 is 2.41 bits per heavy atom. The molecule has 0 unspecified atom stereocenters. The quantitative estimate of drug-likeness (QED) is 0.946. The molecule has 0 aromatic carbocycles. The second kappa shape index (κ2) is 5.42. The van der Waals surface area contributed by atoms with Gasteiger partial charge in [-0.15, -0.1) is 11.3 Å². The molecular formula is C12H11BrN2OS. The summed E-state index contributed by atoms with van der Waals surface area (Å²) in [4.78, 5) is 16.0. The Balaban J connectivity index is 1.99. The lowest BCUT2D eigenvalue weighted by Gasteiger charge is -2.05. The fourth-order valence-electron chi connectivity index (χ4n) is 1.40. The molecule has 0 saturated heterocycles. The van der Waals surface area contributed by atoms with Gasteiger partial charge in [0.15, 0.2) is 0 Å². The first-order valence-electron chi connectivity index (χ1n) is 5.09. The van der Waals surface area contributed by atoms with Gasteiger partial charge >= 0.3 is 0 Å². The highest BCUT2D eigenvalue weighted by atomic mass is 79.9. The van der Waals surface area contributed by atoms with Crippen LogP contribution in [0.5, 0.6) is 0 Å². The lowest BCUT2D eigenvalue weighted by molar-refractivity contribution is 0.0951. The Hall–Kier alpha value is -1.20. The molecule has 0 aliphatic heterocycles. The number of halogens is 1. The summed E-state index contributed by atoms with van der Waals surface area (Å²) < 4.78 is 0.955. The molecule has 2 aromatic rings. The van der Waals surface area contributed by atoms with E-state index in [1.54, 1.807) is 6.20 Å². The Morgan fingerprint density at radius 1 is 1.59 bits per heavy atom. The molecule has 3 nitrogen and oxygen atoms in total. The molecule has 0 saturated carbocycles. The zero-order valence-corrected chi connectivity index (χ0v) is 11.6. The van der Waals surface area contributed by atoms with Gasteiger partial charge in [-0.25, -0.2) is 0 Å². The van der Waals surface area contributed by atoms with Gasteiger partial charge in [-0.05, 0) is 40.5 Å². The molecule has 2 aromatic heterocycles. The number of hydrogen-bond acceptors (Lipinski definition) is 3. The molecule has 1 amide bonds. The van der Waals surface area contributed by atoms with E-state index in [9.17, 15) is 4.79 Å². The summed E-state index contributed by atoms with van der Waals surface area (Å²) in [5.74, 6) is -0.0722. The normalized spacial score (nSPS) is 10.2. The van der Waals surface area contributed by atoms with Crippen molar-refractivity contribution in [2.45, 2.75) is 13.5 Å². The minimum atomic E-state index is -0.0722. The number of aromatic nitrogens is 1. The van der Waals surface area contributed by atoms with E-state index in [1.807, 2.05) is 30.5 Å². The highest BCUT2D eigenvalue weighted by molar-refractivity contribution is 9.11. The lowest BCUT2D eigenvalue weighted by Crippen LogP contribution is -2.23. The molecule has 2 rings (SSSR count). The van der Waals surface area contributed by atoms with Crippen LogP contribution in [-0.4, -0.2) is 10.9 Å². The Morgan fingerprint density at radius 3 is 3.06 bits per heavy atom. The molecule has 0 aliphatic carbocycles. The average Bonchev–Trinajstić information content (AvgIpc) is 2.74. The maximum absolute atomic E-state index is 11.8. The Kier molecular flexibility index (Phi) is 3.91. The van der Waals surface area contributed by atoms with Crippen molar-refractivity contribution in [2.24, 2.45) is 0 Å². The number of hydrogen-bond donors (Lipinski definition) is 1. The third kappa shape index (κ3) is 3.14. The molecule has 0 atom stereocenters. The van der Waals surface area contributed by atoms with Gasteiger partial charge < -0.3 is 5.32 Å². The van der Waals surface area contributed by atoms with Crippen LogP contribution in [0.15, 0.2) is 33.6 Å². The number of nitrogens with one attached hydrogen (secondary N) is 1. The monoisotopic (exact) mass is 310 g/mol. The van der Waals surface area contributed by atoms with E-state index in [0.717, 1.165) is 15.0 Å². The maximum atomic E-state index is 11.8. The van der Waals surface area contributed by atoms with E-state index in [-0.39, 0.29) is 5.91 Å². The molecule has 88 valence electrons. The summed E-state index contributed by atoms with van der Waals surface area (Å²) in [5, 5.41) is 4.68. The molecule has 0 radical (unpaired) electrons. The third-order valence-corrected chi connectivity index (χ3v) is 3.87. The third-order valence-electron chi connectivity index (χ3n) is 2.36. The summed E-state index contributed by atoms with van der Waals surface area (Å²) in [6, 6.07) is 5.68. The van der Waals surface area contributed by atoms with Gasteiger partial charge in [-0.2, -0.15) is 0 Å². The van der Waals surface area contributed by atoms with Crippen molar-refractivity contribution in [3.63, 3.8) is 0 Å². The van der Waals surface area contributed by atoms with E-state index in [0.29, 0.717) is 12.1 Å². The number of amides is 1. The molecule has 1 N–H and O–H groups in total. The highest BCUT2D eigenvalue weighted by Gasteiger charge is 2.08. The Labute approximate surface area is 112 Å². The Bertz CT molecular complexity index is 539. The van der Waals surface area contributed by atoms with Gasteiger partial charge in [0.05, 0.1) is 21.6 Å². The van der Waals surface area contributed by atoms with E-state index in [2.05, 4.69) is 26.2 Å². The summed E-state index contributed by atoms with van der Waals surface area (Å²) in [6.07, 6.45) is 1.73. The zero-order chi connectivity index (χ0) is 12.3. The number of rotatable bonds is 3. The van der Waals surface area contributed by atoms with Crippen LogP contribution in [0, 0.1) is 6.92 Å². The summed E-state index contributed by atoms with van der Waals surface area (Å²) >= 11 is 4.83. The predicted molar refractivity (Wildman–Crippen MR) is 72.2 cm³/mol. The van der Waals surface area contributed by atoms with Gasteiger partial charge in [0.1, 0.15) is 0 Å². The minimum absolute atomic E-state index is 0.0722. The second-order valence-corrected chi connectivity index (χ2v) is 5.88. The van der Waals surface area contributed by atoms with E-state index < -0.39 is 0 Å². The first kappa shape index (κ1) is 12.3. The van der Waals surface area contributed by atoms with Gasteiger partial charge in [-0.3, -0.25) is 9.78 Å². The molecule has 5 heteroatoms. The smallest absolute Gasteiger partial charge is 0.252 e. The van der Waals surface area contributed by atoms with Crippen molar-refractivity contribution in [3.05, 3.63) is 50.4 Å². The number of nitrogens with zero attached hydrogens (tertiary/aromatic N) is 1. The molecule has 0 spiro atoms. The first-order valence-corrected chi connectivity index (χ1v) is 6.77. The van der Waals surface area contributed by atoms with Crippen LogP contribution in [0.2, 0.25) is 0 Å². The number of thiophene rings is 1. The maximum Gasteiger partial charge on any atom is 0.252 e. The number of pyridine rings is 1. The van der Waals surface area contributed by atoms with Crippen molar-refractivity contribution in [1.82, 2.24) is 10.3 Å². The summed E-state index contributed by atoms with van der Waals surface area (Å²) in [7, 11) is 0. The fourth-order valence-corrected chi connectivity index (χ4v) is 2.54. The first-order chi connectivity index (χ1) is 8.16. The second-order valence-electron chi connectivity index (χ2n) is 3.59. The molecule has 0 bridgehead atoms. The van der Waals surface area contributed by atoms with Crippen LogP contribution in [0.4, 0.5) is 0 Å². The van der Waals surface area contributed by atoms with Crippen LogP contribution >= 0.6 is 27.3 Å². The van der Waals surface area contributed by atoms with Crippen LogP contribution in [0.25, 0.3) is 0 Å². The van der Waals surface area contributed by atoms with Crippen molar-refractivity contribution >= 4 is 33.2 Å². The SMILES string of the molecule is Cc1cccnc1CNC(=O)c1csc(Br)c1. The van der Waals surface area contributed by atoms with E-state index in [1.165, 1.54) is 11.3 Å². The van der Waals surface area contributed by atoms with Crippen LogP contribution in [0.3, 0.4) is 0 Å². The highest BCUT2D eigenvalue weighted by Crippen LogP contribution is 2.20. The van der Waals surface area contributed by atoms with E-state index in [4.69, 9.17) is 0 Å². The van der Waals surface area contributed by atoms with Crippen LogP contribution in [0.1, 0.15) is 21.6 Å². The molecule has 17 heavy (non-hydrogen) atoms. The molecular weight excluding hydrogens is 300 g/mol. The number of carbonyl (C=O) groups is 1. The van der Waals surface area contributed by atoms with Gasteiger partial charge in [0.25, 0.3) is 5.91 Å². The number of aryl methyl sites for hydroxylation is 1. The van der Waals surface area contributed by atoms with Gasteiger partial charge in [0, 0.05) is 11.6 Å². The van der Waals surface area contributed by atoms with E-state index >= 15 is 0 Å². The predicted octanol–water partition coefficient (Wildman–Crippen LogP) is 3.14. The van der Waals surface area contributed by atoms with Crippen LogP contribution in [-0.2, 0) is 6.54 Å².